The first-order chi connectivity index (χ1) is 9.91. The highest BCUT2D eigenvalue weighted by atomic mass is 35.5. The second-order valence-corrected chi connectivity index (χ2v) is 6.13. The fourth-order valence-corrected chi connectivity index (χ4v) is 3.22. The van der Waals surface area contributed by atoms with Gasteiger partial charge in [-0.1, -0.05) is 23.7 Å². The van der Waals surface area contributed by atoms with Gasteiger partial charge in [-0.3, -0.25) is 14.4 Å². The lowest BCUT2D eigenvalue weighted by atomic mass is 10.3. The molecule has 1 aliphatic rings. The molecule has 0 spiro atoms. The van der Waals surface area contributed by atoms with Crippen molar-refractivity contribution in [3.8, 4) is 0 Å². The quantitative estimate of drug-likeness (QED) is 0.785. The first-order valence-electron chi connectivity index (χ1n) is 6.13. The van der Waals surface area contributed by atoms with Gasteiger partial charge in [-0.2, -0.15) is 0 Å². The van der Waals surface area contributed by atoms with Crippen molar-refractivity contribution in [3.63, 3.8) is 0 Å². The zero-order chi connectivity index (χ0) is 15.6. The summed E-state index contributed by atoms with van der Waals surface area (Å²) in [6, 6.07) is 5.51. The number of carbonyl (C=O) groups excluding carboxylic acids is 2. The molecular formula is C13H13ClN2O4S. The van der Waals surface area contributed by atoms with E-state index in [1.807, 2.05) is 0 Å². The van der Waals surface area contributed by atoms with Crippen LogP contribution < -0.4 is 10.6 Å². The number of hydrogen-bond donors (Lipinski definition) is 2. The second-order valence-electron chi connectivity index (χ2n) is 4.49. The van der Waals surface area contributed by atoms with Gasteiger partial charge in [0.1, 0.15) is 6.04 Å². The minimum atomic E-state index is -1.14. The summed E-state index contributed by atoms with van der Waals surface area (Å²) in [4.78, 5) is 36.0. The van der Waals surface area contributed by atoms with Crippen LogP contribution in [0.5, 0.6) is 0 Å². The summed E-state index contributed by atoms with van der Waals surface area (Å²) < 4.78 is 0. The van der Waals surface area contributed by atoms with Crippen LogP contribution in [-0.2, 0) is 14.4 Å². The number of rotatable bonds is 5. The minimum absolute atomic E-state index is 0.0149. The molecule has 8 heteroatoms. The lowest BCUT2D eigenvalue weighted by Crippen LogP contribution is -2.35. The Balaban J connectivity index is 2.10. The van der Waals surface area contributed by atoms with Gasteiger partial charge in [0.15, 0.2) is 0 Å². The van der Waals surface area contributed by atoms with Crippen molar-refractivity contribution < 1.29 is 19.5 Å². The van der Waals surface area contributed by atoms with Crippen LogP contribution in [0.1, 0.15) is 6.42 Å². The van der Waals surface area contributed by atoms with Crippen molar-refractivity contribution >= 4 is 46.8 Å². The number of hydrogen-bond acceptors (Lipinski definition) is 5. The molecule has 0 radical (unpaired) electrons. The number of thioether (sulfide) groups is 1. The van der Waals surface area contributed by atoms with Crippen molar-refractivity contribution in [1.82, 2.24) is 0 Å². The summed E-state index contributed by atoms with van der Waals surface area (Å²) in [5.74, 6) is -1.82. The molecule has 21 heavy (non-hydrogen) atoms. The van der Waals surface area contributed by atoms with E-state index in [0.29, 0.717) is 10.7 Å². The van der Waals surface area contributed by atoms with E-state index < -0.39 is 23.2 Å². The van der Waals surface area contributed by atoms with Crippen molar-refractivity contribution in [2.45, 2.75) is 17.7 Å². The summed E-state index contributed by atoms with van der Waals surface area (Å²) in [7, 11) is 0. The number of aliphatic carboxylic acids is 1. The highest BCUT2D eigenvalue weighted by Crippen LogP contribution is 2.33. The number of halogens is 1. The molecule has 3 N–H and O–H groups in total. The number of carbonyl (C=O) groups is 3. The fraction of sp³-hybridized carbons (Fsp3) is 0.308. The molecule has 2 amide bonds. The smallest absolute Gasteiger partial charge is 0.321 e. The number of amides is 2. The highest BCUT2D eigenvalue weighted by Gasteiger charge is 2.40. The topological polar surface area (TPSA) is 101 Å². The van der Waals surface area contributed by atoms with Gasteiger partial charge in [-0.25, -0.2) is 4.90 Å². The SMILES string of the molecule is N[C@H](CS[C@H]1CC(=O)N(c2ccccc2Cl)C1=O)C(=O)O. The maximum Gasteiger partial charge on any atom is 0.321 e. The zero-order valence-electron chi connectivity index (χ0n) is 10.9. The van der Waals surface area contributed by atoms with Gasteiger partial charge in [-0.05, 0) is 12.1 Å². The molecule has 2 atom stereocenters. The molecule has 0 aliphatic carbocycles. The molecule has 6 nitrogen and oxygen atoms in total. The van der Waals surface area contributed by atoms with Gasteiger partial charge in [0.2, 0.25) is 11.8 Å². The van der Waals surface area contributed by atoms with Crippen LogP contribution in [0.15, 0.2) is 24.3 Å². The van der Waals surface area contributed by atoms with Gasteiger partial charge in [-0.15, -0.1) is 11.8 Å². The maximum atomic E-state index is 12.3. The Morgan fingerprint density at radius 3 is 2.76 bits per heavy atom. The molecule has 0 saturated carbocycles. The van der Waals surface area contributed by atoms with Crippen LogP contribution in [-0.4, -0.2) is 39.9 Å². The molecule has 1 saturated heterocycles. The van der Waals surface area contributed by atoms with Gasteiger partial charge < -0.3 is 10.8 Å². The molecule has 1 fully saturated rings. The molecule has 1 aromatic rings. The molecule has 112 valence electrons. The van der Waals surface area contributed by atoms with E-state index in [-0.39, 0.29) is 18.1 Å². The van der Waals surface area contributed by atoms with Crippen LogP contribution in [0.3, 0.4) is 0 Å². The Morgan fingerprint density at radius 2 is 2.14 bits per heavy atom. The Hall–Kier alpha value is -1.57. The van der Waals surface area contributed by atoms with Crippen molar-refractivity contribution in [2.75, 3.05) is 10.7 Å². The third kappa shape index (κ3) is 3.37. The summed E-state index contributed by atoms with van der Waals surface area (Å²) in [5.41, 5.74) is 5.74. The zero-order valence-corrected chi connectivity index (χ0v) is 12.4. The lowest BCUT2D eigenvalue weighted by molar-refractivity contribution is -0.138. The van der Waals surface area contributed by atoms with E-state index in [2.05, 4.69) is 0 Å². The molecule has 0 bridgehead atoms. The molecule has 0 aromatic heterocycles. The van der Waals surface area contributed by atoms with Crippen LogP contribution >= 0.6 is 23.4 Å². The molecule has 2 rings (SSSR count). The molecular weight excluding hydrogens is 316 g/mol. The number of para-hydroxylation sites is 1. The van der Waals surface area contributed by atoms with Crippen LogP contribution in [0.25, 0.3) is 0 Å². The number of imide groups is 1. The Labute approximate surface area is 130 Å². The number of nitrogens with zero attached hydrogens (tertiary/aromatic N) is 1. The maximum absolute atomic E-state index is 12.3. The van der Waals surface area contributed by atoms with E-state index in [9.17, 15) is 14.4 Å². The Morgan fingerprint density at radius 1 is 1.48 bits per heavy atom. The van der Waals surface area contributed by atoms with Gasteiger partial charge >= 0.3 is 5.97 Å². The first kappa shape index (κ1) is 15.8. The third-order valence-electron chi connectivity index (χ3n) is 2.99. The highest BCUT2D eigenvalue weighted by molar-refractivity contribution is 8.00. The van der Waals surface area contributed by atoms with Crippen molar-refractivity contribution in [2.24, 2.45) is 5.73 Å². The first-order valence-corrected chi connectivity index (χ1v) is 7.55. The standard InChI is InChI=1S/C13H13ClN2O4S/c14-7-3-1-2-4-9(7)16-11(17)5-10(12(16)18)21-6-8(15)13(19)20/h1-4,8,10H,5-6,15H2,(H,19,20)/t8-,10+/m1/s1. The molecule has 0 unspecified atom stereocenters. The van der Waals surface area contributed by atoms with E-state index in [1.165, 1.54) is 0 Å². The molecule has 1 aliphatic heterocycles. The average molecular weight is 329 g/mol. The largest absolute Gasteiger partial charge is 0.480 e. The number of carboxylic acids is 1. The fourth-order valence-electron chi connectivity index (χ4n) is 1.91. The molecule has 1 heterocycles. The van der Waals surface area contributed by atoms with Crippen LogP contribution in [0.4, 0.5) is 5.69 Å². The summed E-state index contributed by atoms with van der Waals surface area (Å²) in [6.07, 6.45) is 0.0149. The number of nitrogens with two attached hydrogens (primary N) is 1. The van der Waals surface area contributed by atoms with Crippen molar-refractivity contribution in [3.05, 3.63) is 29.3 Å². The second kappa shape index (κ2) is 6.46. The van der Waals surface area contributed by atoms with E-state index in [1.54, 1.807) is 24.3 Å². The monoisotopic (exact) mass is 328 g/mol. The van der Waals surface area contributed by atoms with E-state index in [4.69, 9.17) is 22.4 Å². The van der Waals surface area contributed by atoms with Crippen molar-refractivity contribution in [1.29, 1.82) is 0 Å². The van der Waals surface area contributed by atoms with Gasteiger partial charge in [0, 0.05) is 12.2 Å². The average Bonchev–Trinajstić information content (AvgIpc) is 2.71. The predicted octanol–water partition coefficient (Wildman–Crippen LogP) is 1.12. The van der Waals surface area contributed by atoms with E-state index >= 15 is 0 Å². The summed E-state index contributed by atoms with van der Waals surface area (Å²) >= 11 is 7.08. The van der Waals surface area contributed by atoms with Crippen LogP contribution in [0, 0.1) is 0 Å². The Kier molecular flexibility index (Phi) is 4.87. The number of benzene rings is 1. The van der Waals surface area contributed by atoms with Crippen LogP contribution in [0.2, 0.25) is 5.02 Å². The number of anilines is 1. The predicted molar refractivity (Wildman–Crippen MR) is 80.4 cm³/mol. The summed E-state index contributed by atoms with van der Waals surface area (Å²) in [5, 5.41) is 8.41. The molecule has 1 aromatic carbocycles. The third-order valence-corrected chi connectivity index (χ3v) is 4.63. The minimum Gasteiger partial charge on any atom is -0.480 e. The Bertz CT molecular complexity index is 595. The van der Waals surface area contributed by atoms with Gasteiger partial charge in [0.05, 0.1) is 16.0 Å². The number of carboxylic acid groups (broad SMARTS) is 1. The van der Waals surface area contributed by atoms with Gasteiger partial charge in [0.25, 0.3) is 0 Å². The summed E-state index contributed by atoms with van der Waals surface area (Å²) in [6.45, 7) is 0. The van der Waals surface area contributed by atoms with E-state index in [0.717, 1.165) is 16.7 Å². The normalized spacial score (nSPS) is 19.9. The lowest BCUT2D eigenvalue weighted by Gasteiger charge is -2.16.